The zero-order valence-electron chi connectivity index (χ0n) is 13.5. The summed E-state index contributed by atoms with van der Waals surface area (Å²) in [5, 5.41) is 9.23. The van der Waals surface area contributed by atoms with Crippen LogP contribution in [0.2, 0.25) is 0 Å². The van der Waals surface area contributed by atoms with E-state index < -0.39 is 6.61 Å². The van der Waals surface area contributed by atoms with E-state index >= 15 is 0 Å². The van der Waals surface area contributed by atoms with Crippen LogP contribution >= 0.6 is 0 Å². The van der Waals surface area contributed by atoms with Gasteiger partial charge in [0.15, 0.2) is 17.3 Å². The number of hydrogen-bond acceptors (Lipinski definition) is 5. The van der Waals surface area contributed by atoms with Crippen molar-refractivity contribution in [3.8, 4) is 23.0 Å². The van der Waals surface area contributed by atoms with Gasteiger partial charge in [-0.15, -0.1) is 0 Å². The van der Waals surface area contributed by atoms with Crippen molar-refractivity contribution < 1.29 is 32.9 Å². The lowest BCUT2D eigenvalue weighted by Crippen LogP contribution is -2.05. The van der Waals surface area contributed by atoms with Crippen molar-refractivity contribution in [3.63, 3.8) is 0 Å². The van der Waals surface area contributed by atoms with Crippen LogP contribution < -0.4 is 14.2 Å². The molecule has 0 radical (unpaired) electrons. The van der Waals surface area contributed by atoms with E-state index in [0.29, 0.717) is 11.1 Å². The van der Waals surface area contributed by atoms with Crippen LogP contribution in [0.1, 0.15) is 15.9 Å². The summed E-state index contributed by atoms with van der Waals surface area (Å²) in [4.78, 5) is 12.1. The van der Waals surface area contributed by atoms with Gasteiger partial charge in [-0.05, 0) is 48.0 Å². The number of carbonyl (C=O) groups excluding carboxylic acids is 1. The summed E-state index contributed by atoms with van der Waals surface area (Å²) >= 11 is 0. The molecule has 0 aromatic heterocycles. The molecule has 0 saturated heterocycles. The monoisotopic (exact) mass is 350 g/mol. The lowest BCUT2D eigenvalue weighted by atomic mass is 10.1. The number of hydrogen-bond donors (Lipinski definition) is 1. The number of carbonyl (C=O) groups is 1. The van der Waals surface area contributed by atoms with Crippen molar-refractivity contribution in [1.82, 2.24) is 0 Å². The molecular formula is C18H16F2O5. The molecule has 2 aromatic carbocycles. The summed E-state index contributed by atoms with van der Waals surface area (Å²) in [5.74, 6) is -0.342. The first-order valence-corrected chi connectivity index (χ1v) is 7.17. The molecule has 2 rings (SSSR count). The molecule has 0 fully saturated rings. The molecular weight excluding hydrogens is 334 g/mol. The van der Waals surface area contributed by atoms with Gasteiger partial charge in [-0.3, -0.25) is 4.79 Å². The van der Waals surface area contributed by atoms with Crippen LogP contribution in [-0.2, 0) is 0 Å². The van der Waals surface area contributed by atoms with Gasteiger partial charge in [-0.2, -0.15) is 8.78 Å². The molecule has 0 aliphatic carbocycles. The highest BCUT2D eigenvalue weighted by molar-refractivity contribution is 6.06. The normalized spacial score (nSPS) is 10.9. The third kappa shape index (κ3) is 4.69. The van der Waals surface area contributed by atoms with Crippen LogP contribution in [0.3, 0.4) is 0 Å². The molecule has 0 aliphatic heterocycles. The van der Waals surface area contributed by atoms with Gasteiger partial charge in [0.25, 0.3) is 0 Å². The Kier molecular flexibility index (Phi) is 5.94. The molecule has 0 spiro atoms. The third-order valence-corrected chi connectivity index (χ3v) is 3.27. The maximum atomic E-state index is 12.5. The minimum Gasteiger partial charge on any atom is -0.508 e. The minimum absolute atomic E-state index is 0.0522. The molecule has 0 bridgehead atoms. The number of phenolic OH excluding ortho intramolecular Hbond substituents is 1. The molecule has 25 heavy (non-hydrogen) atoms. The molecule has 2 aromatic rings. The van der Waals surface area contributed by atoms with Crippen molar-refractivity contribution in [2.45, 2.75) is 6.61 Å². The van der Waals surface area contributed by atoms with Gasteiger partial charge in [0.1, 0.15) is 5.75 Å². The number of methoxy groups -OCH3 is 2. The predicted molar refractivity (Wildman–Crippen MR) is 87.6 cm³/mol. The Balaban J connectivity index is 2.29. The molecule has 0 aliphatic rings. The van der Waals surface area contributed by atoms with Crippen molar-refractivity contribution in [2.75, 3.05) is 14.2 Å². The van der Waals surface area contributed by atoms with Gasteiger partial charge < -0.3 is 19.3 Å². The zero-order chi connectivity index (χ0) is 18.4. The first-order valence-electron chi connectivity index (χ1n) is 7.17. The second kappa shape index (κ2) is 8.14. The summed E-state index contributed by atoms with van der Waals surface area (Å²) in [6, 6.07) is 8.68. The Morgan fingerprint density at radius 1 is 1.08 bits per heavy atom. The maximum absolute atomic E-state index is 12.5. The number of ether oxygens (including phenoxy) is 3. The van der Waals surface area contributed by atoms with Gasteiger partial charge >= 0.3 is 6.61 Å². The number of aromatic hydroxyl groups is 1. The van der Waals surface area contributed by atoms with E-state index in [1.165, 1.54) is 62.8 Å². The fraction of sp³-hybridized carbons (Fsp3) is 0.167. The van der Waals surface area contributed by atoms with E-state index in [9.17, 15) is 18.7 Å². The van der Waals surface area contributed by atoms with E-state index in [4.69, 9.17) is 9.47 Å². The Morgan fingerprint density at radius 2 is 1.64 bits per heavy atom. The average molecular weight is 350 g/mol. The van der Waals surface area contributed by atoms with Gasteiger partial charge in [-0.1, -0.05) is 6.08 Å². The Labute approximate surface area is 143 Å². The summed E-state index contributed by atoms with van der Waals surface area (Å²) in [5.41, 5.74) is 0.896. The Morgan fingerprint density at radius 3 is 2.12 bits per heavy atom. The van der Waals surface area contributed by atoms with Crippen LogP contribution in [0.5, 0.6) is 23.0 Å². The van der Waals surface area contributed by atoms with Crippen LogP contribution in [0.15, 0.2) is 42.5 Å². The van der Waals surface area contributed by atoms with Crippen molar-refractivity contribution in [1.29, 1.82) is 0 Å². The smallest absolute Gasteiger partial charge is 0.387 e. The molecule has 0 atom stereocenters. The third-order valence-electron chi connectivity index (χ3n) is 3.27. The molecule has 0 heterocycles. The maximum Gasteiger partial charge on any atom is 0.387 e. The van der Waals surface area contributed by atoms with E-state index in [1.807, 2.05) is 0 Å². The molecule has 132 valence electrons. The van der Waals surface area contributed by atoms with Crippen LogP contribution in [0, 0.1) is 0 Å². The van der Waals surface area contributed by atoms with Crippen molar-refractivity contribution >= 4 is 11.9 Å². The minimum atomic E-state index is -3.03. The van der Waals surface area contributed by atoms with E-state index in [2.05, 4.69) is 4.74 Å². The summed E-state index contributed by atoms with van der Waals surface area (Å²) in [6.07, 6.45) is 2.81. The van der Waals surface area contributed by atoms with Gasteiger partial charge in [0.2, 0.25) is 5.75 Å². The number of allylic oxidation sites excluding steroid dienone is 1. The van der Waals surface area contributed by atoms with Crippen molar-refractivity contribution in [2.24, 2.45) is 0 Å². The average Bonchev–Trinajstić information content (AvgIpc) is 2.60. The Hall–Kier alpha value is -3.09. The zero-order valence-corrected chi connectivity index (χ0v) is 13.5. The van der Waals surface area contributed by atoms with Gasteiger partial charge in [0, 0.05) is 5.56 Å². The molecule has 0 unspecified atom stereocenters. The fourth-order valence-corrected chi connectivity index (χ4v) is 2.10. The lowest BCUT2D eigenvalue weighted by Gasteiger charge is -2.14. The van der Waals surface area contributed by atoms with Crippen LogP contribution in [0.4, 0.5) is 8.78 Å². The molecule has 5 nitrogen and oxygen atoms in total. The van der Waals surface area contributed by atoms with Crippen LogP contribution in [-0.4, -0.2) is 31.7 Å². The highest BCUT2D eigenvalue weighted by Crippen LogP contribution is 2.39. The SMILES string of the molecule is COc1cc(/C=C/C(=O)c2ccc(O)cc2)cc(OC)c1OC(F)F. The molecule has 7 heteroatoms. The number of benzene rings is 2. The number of alkyl halides is 2. The second-order valence-corrected chi connectivity index (χ2v) is 4.88. The quantitative estimate of drug-likeness (QED) is 0.606. The largest absolute Gasteiger partial charge is 0.508 e. The first-order chi connectivity index (χ1) is 11.9. The predicted octanol–water partition coefficient (Wildman–Crippen LogP) is 3.91. The molecule has 1 N–H and O–H groups in total. The number of ketones is 1. The highest BCUT2D eigenvalue weighted by Gasteiger charge is 2.17. The second-order valence-electron chi connectivity index (χ2n) is 4.88. The van der Waals surface area contributed by atoms with Crippen molar-refractivity contribution in [3.05, 3.63) is 53.6 Å². The van der Waals surface area contributed by atoms with E-state index in [0.717, 1.165) is 0 Å². The fourth-order valence-electron chi connectivity index (χ4n) is 2.10. The molecule has 0 saturated carbocycles. The lowest BCUT2D eigenvalue weighted by molar-refractivity contribution is -0.0526. The van der Waals surface area contributed by atoms with E-state index in [1.54, 1.807) is 0 Å². The summed E-state index contributed by atoms with van der Waals surface area (Å²) in [6.45, 7) is -3.03. The van der Waals surface area contributed by atoms with Gasteiger partial charge in [-0.25, -0.2) is 0 Å². The Bertz CT molecular complexity index is 745. The van der Waals surface area contributed by atoms with Crippen LogP contribution in [0.25, 0.3) is 6.08 Å². The number of phenols is 1. The summed E-state index contributed by atoms with van der Waals surface area (Å²) in [7, 11) is 2.62. The number of rotatable bonds is 7. The summed E-state index contributed by atoms with van der Waals surface area (Å²) < 4.78 is 39.5. The van der Waals surface area contributed by atoms with Gasteiger partial charge in [0.05, 0.1) is 14.2 Å². The highest BCUT2D eigenvalue weighted by atomic mass is 19.3. The number of halogens is 2. The first kappa shape index (κ1) is 18.3. The topological polar surface area (TPSA) is 65.0 Å². The standard InChI is InChI=1S/C18H16F2O5/c1-23-15-9-11(10-16(24-2)17(15)25-18(19)20)3-8-14(22)12-4-6-13(21)7-5-12/h3-10,18,21H,1-2H3/b8-3+. The van der Waals surface area contributed by atoms with E-state index in [-0.39, 0.29) is 28.8 Å². The molecule has 0 amide bonds.